The van der Waals surface area contributed by atoms with Crippen molar-refractivity contribution in [2.75, 3.05) is 6.61 Å². The summed E-state index contributed by atoms with van der Waals surface area (Å²) >= 11 is 0.600. The molecule has 0 spiro atoms. The van der Waals surface area contributed by atoms with Crippen LogP contribution in [0.25, 0.3) is 0 Å². The van der Waals surface area contributed by atoms with Crippen LogP contribution >= 0.6 is 11.3 Å². The molecule has 1 N–H and O–H groups in total. The van der Waals surface area contributed by atoms with Gasteiger partial charge in [-0.15, -0.1) is 11.3 Å². The Hall–Kier alpha value is -2.61. The van der Waals surface area contributed by atoms with Crippen molar-refractivity contribution in [3.05, 3.63) is 27.4 Å². The number of carbonyl (C=O) groups is 2. The molecule has 1 aliphatic rings. The van der Waals surface area contributed by atoms with Crippen LogP contribution in [0.4, 0.5) is 22.8 Å². The molecule has 0 saturated heterocycles. The first-order chi connectivity index (χ1) is 11.2. The molecule has 128 valence electrons. The summed E-state index contributed by atoms with van der Waals surface area (Å²) in [7, 11) is 0. The molecule has 1 unspecified atom stereocenters. The summed E-state index contributed by atoms with van der Waals surface area (Å²) in [6.07, 6.45) is -5.94. The number of halogens is 3. The number of ether oxygens (including phenoxy) is 1. The monoisotopic (exact) mass is 360 g/mol. The van der Waals surface area contributed by atoms with Gasteiger partial charge < -0.3 is 10.1 Å². The lowest BCUT2D eigenvalue weighted by Crippen LogP contribution is -2.50. The normalized spacial score (nSPS) is 18.2. The van der Waals surface area contributed by atoms with Crippen molar-refractivity contribution in [1.82, 2.24) is 15.2 Å². The number of amides is 3. The zero-order valence-electron chi connectivity index (χ0n) is 12.5. The minimum atomic E-state index is -4.79. The average molecular weight is 360 g/mol. The molecule has 24 heavy (non-hydrogen) atoms. The Labute approximate surface area is 138 Å². The molecule has 1 atom stereocenters. The van der Waals surface area contributed by atoms with Gasteiger partial charge in [-0.2, -0.15) is 18.4 Å². The lowest BCUT2D eigenvalue weighted by Gasteiger charge is -2.33. The number of nitriles is 1. The number of rotatable bonds is 2. The molecule has 2 heterocycles. The number of hydrogen-bond acceptors (Lipinski definition) is 6. The molecule has 3 amide bonds. The van der Waals surface area contributed by atoms with Gasteiger partial charge >= 0.3 is 18.3 Å². The average Bonchev–Trinajstić information content (AvgIpc) is 2.95. The minimum Gasteiger partial charge on any atom is -0.449 e. The van der Waals surface area contributed by atoms with E-state index in [0.717, 1.165) is 5.51 Å². The van der Waals surface area contributed by atoms with Gasteiger partial charge in [-0.1, -0.05) is 0 Å². The van der Waals surface area contributed by atoms with E-state index >= 15 is 0 Å². The van der Waals surface area contributed by atoms with Gasteiger partial charge in [0.15, 0.2) is 5.69 Å². The Morgan fingerprint density at radius 1 is 1.58 bits per heavy atom. The van der Waals surface area contributed by atoms with Crippen LogP contribution in [0.5, 0.6) is 0 Å². The number of alkyl halides is 3. The molecular formula is C13H11F3N4O3S. The molecule has 7 nitrogen and oxygen atoms in total. The van der Waals surface area contributed by atoms with Gasteiger partial charge in [0.2, 0.25) is 0 Å². The third kappa shape index (κ3) is 3.05. The van der Waals surface area contributed by atoms with Gasteiger partial charge in [0.1, 0.15) is 6.04 Å². The predicted molar refractivity (Wildman–Crippen MR) is 75.6 cm³/mol. The van der Waals surface area contributed by atoms with Crippen molar-refractivity contribution >= 4 is 23.5 Å². The first-order valence-electron chi connectivity index (χ1n) is 6.60. The van der Waals surface area contributed by atoms with Gasteiger partial charge in [0.25, 0.3) is 0 Å². The molecule has 1 aromatic rings. The van der Waals surface area contributed by atoms with Crippen LogP contribution in [0.15, 0.2) is 16.8 Å². The van der Waals surface area contributed by atoms with Crippen molar-refractivity contribution in [1.29, 1.82) is 5.26 Å². The number of carbonyl (C=O) groups excluding carboxylic acids is 2. The number of thiazole rings is 1. The maximum atomic E-state index is 13.1. The highest BCUT2D eigenvalue weighted by Crippen LogP contribution is 2.42. The van der Waals surface area contributed by atoms with E-state index in [9.17, 15) is 28.0 Å². The Bertz CT molecular complexity index is 750. The first-order valence-corrected chi connectivity index (χ1v) is 7.48. The van der Waals surface area contributed by atoms with Gasteiger partial charge in [-0.05, 0) is 13.8 Å². The zero-order chi connectivity index (χ0) is 18.1. The van der Waals surface area contributed by atoms with Crippen LogP contribution in [0.1, 0.15) is 30.5 Å². The van der Waals surface area contributed by atoms with E-state index in [1.54, 1.807) is 6.07 Å². The fourth-order valence-electron chi connectivity index (χ4n) is 2.18. The third-order valence-corrected chi connectivity index (χ3v) is 4.03. The van der Waals surface area contributed by atoms with Gasteiger partial charge in [-0.25, -0.2) is 19.5 Å². The zero-order valence-corrected chi connectivity index (χ0v) is 13.3. The van der Waals surface area contributed by atoms with E-state index < -0.39 is 34.9 Å². The Morgan fingerprint density at radius 3 is 2.79 bits per heavy atom. The molecule has 1 aliphatic heterocycles. The Balaban J connectivity index is 2.66. The van der Waals surface area contributed by atoms with E-state index in [0.29, 0.717) is 16.2 Å². The maximum Gasteiger partial charge on any atom is 0.434 e. The number of aromatic nitrogens is 1. The second-order valence-electron chi connectivity index (χ2n) is 4.62. The van der Waals surface area contributed by atoms with Gasteiger partial charge in [-0.3, -0.25) is 0 Å². The molecular weight excluding hydrogens is 349 g/mol. The van der Waals surface area contributed by atoms with Crippen molar-refractivity contribution in [2.24, 2.45) is 0 Å². The van der Waals surface area contributed by atoms with Crippen molar-refractivity contribution in [2.45, 2.75) is 26.1 Å². The predicted octanol–water partition coefficient (Wildman–Crippen LogP) is 3.18. The second kappa shape index (κ2) is 6.48. The molecule has 0 fully saturated rings. The van der Waals surface area contributed by atoms with Crippen LogP contribution in [0.2, 0.25) is 0 Å². The largest absolute Gasteiger partial charge is 0.449 e. The summed E-state index contributed by atoms with van der Waals surface area (Å²) in [5, 5.41) is 11.6. The van der Waals surface area contributed by atoms with Gasteiger partial charge in [0.05, 0.1) is 28.6 Å². The number of urea groups is 1. The minimum absolute atomic E-state index is 0.0644. The van der Waals surface area contributed by atoms with E-state index in [2.05, 4.69) is 10.3 Å². The summed E-state index contributed by atoms with van der Waals surface area (Å²) in [6, 6.07) is -0.779. The lowest BCUT2D eigenvalue weighted by molar-refractivity contribution is -0.141. The molecule has 2 rings (SSSR count). The van der Waals surface area contributed by atoms with Crippen LogP contribution in [0.3, 0.4) is 0 Å². The van der Waals surface area contributed by atoms with E-state index in [1.165, 1.54) is 13.8 Å². The number of nitrogens with zero attached hydrogens (tertiary/aromatic N) is 3. The summed E-state index contributed by atoms with van der Waals surface area (Å²) in [5.41, 5.74) is -0.438. The highest BCUT2D eigenvalue weighted by molar-refractivity contribution is 7.09. The van der Waals surface area contributed by atoms with Crippen molar-refractivity contribution in [3.8, 4) is 6.07 Å². The fraction of sp³-hybridized carbons (Fsp3) is 0.385. The van der Waals surface area contributed by atoms with E-state index in [-0.39, 0.29) is 17.9 Å². The van der Waals surface area contributed by atoms with E-state index in [1.807, 2.05) is 0 Å². The summed E-state index contributed by atoms with van der Waals surface area (Å²) in [4.78, 5) is 27.5. The number of hydrogen-bond donors (Lipinski definition) is 1. The molecule has 0 radical (unpaired) electrons. The van der Waals surface area contributed by atoms with Crippen LogP contribution in [-0.4, -0.2) is 28.6 Å². The van der Waals surface area contributed by atoms with Crippen LogP contribution in [-0.2, 0) is 10.9 Å². The Kier molecular flexibility index (Phi) is 4.79. The highest BCUT2D eigenvalue weighted by Gasteiger charge is 2.46. The van der Waals surface area contributed by atoms with Gasteiger partial charge in [0, 0.05) is 5.70 Å². The molecule has 0 aromatic carbocycles. The number of allylic oxidation sites excluding steroid dienone is 1. The molecule has 0 bridgehead atoms. The maximum absolute atomic E-state index is 13.1. The second-order valence-corrected chi connectivity index (χ2v) is 5.50. The standard InChI is InChI=1S/C13H11F3N4O3S/c1-3-23-12(22)20-8(7(4-17)6(2)19-11(20)21)9-10(13(14,15)16)18-5-24-9/h5,8H,3H2,1-2H3,(H,19,21). The fourth-order valence-corrected chi connectivity index (χ4v) is 3.08. The van der Waals surface area contributed by atoms with E-state index in [4.69, 9.17) is 4.74 Å². The Morgan fingerprint density at radius 2 is 2.25 bits per heavy atom. The highest BCUT2D eigenvalue weighted by atomic mass is 32.1. The van der Waals surface area contributed by atoms with Crippen molar-refractivity contribution in [3.63, 3.8) is 0 Å². The smallest absolute Gasteiger partial charge is 0.434 e. The SMILES string of the molecule is CCOC(=O)N1C(=O)NC(C)=C(C#N)C1c1scnc1C(F)(F)F. The third-order valence-electron chi connectivity index (χ3n) is 3.15. The molecule has 11 heteroatoms. The van der Waals surface area contributed by atoms with Crippen molar-refractivity contribution < 1.29 is 27.5 Å². The number of imide groups is 1. The van der Waals surface area contributed by atoms with Crippen LogP contribution < -0.4 is 5.32 Å². The quantitative estimate of drug-likeness (QED) is 0.874. The summed E-state index contributed by atoms with van der Waals surface area (Å²) in [6.45, 7) is 2.75. The molecule has 0 aliphatic carbocycles. The topological polar surface area (TPSA) is 95.3 Å². The number of nitrogens with one attached hydrogen (secondary N) is 1. The first kappa shape index (κ1) is 17.7. The van der Waals surface area contributed by atoms with Crippen LogP contribution in [0, 0.1) is 11.3 Å². The lowest BCUT2D eigenvalue weighted by atomic mass is 10.00. The molecule has 0 saturated carbocycles. The summed E-state index contributed by atoms with van der Waals surface area (Å²) in [5.74, 6) is 0. The molecule has 1 aromatic heterocycles. The summed E-state index contributed by atoms with van der Waals surface area (Å²) < 4.78 is 44.2.